The van der Waals surface area contributed by atoms with E-state index in [4.69, 9.17) is 0 Å². The summed E-state index contributed by atoms with van der Waals surface area (Å²) in [5.41, 5.74) is 3.49. The number of aromatic carboxylic acids is 1. The highest BCUT2D eigenvalue weighted by molar-refractivity contribution is 5.89. The van der Waals surface area contributed by atoms with Gasteiger partial charge in [-0.1, -0.05) is 24.3 Å². The molecule has 1 aromatic carbocycles. The lowest BCUT2D eigenvalue weighted by Crippen LogP contribution is -2.31. The molecule has 2 rings (SSSR count). The number of rotatable bonds is 6. The minimum absolute atomic E-state index is 0.274. The van der Waals surface area contributed by atoms with E-state index in [0.29, 0.717) is 12.1 Å². The second kappa shape index (κ2) is 7.18. The van der Waals surface area contributed by atoms with Gasteiger partial charge in [0.05, 0.1) is 5.56 Å². The van der Waals surface area contributed by atoms with Crippen molar-refractivity contribution in [1.29, 1.82) is 0 Å². The van der Waals surface area contributed by atoms with Crippen molar-refractivity contribution in [3.05, 3.63) is 65.0 Å². The molecule has 0 bridgehead atoms. The van der Waals surface area contributed by atoms with Gasteiger partial charge in [0.25, 0.3) is 0 Å². The van der Waals surface area contributed by atoms with Gasteiger partial charge >= 0.3 is 5.97 Å². The normalized spacial score (nSPS) is 12.4. The Labute approximate surface area is 131 Å². The Balaban J connectivity index is 2.07. The minimum atomic E-state index is -0.878. The van der Waals surface area contributed by atoms with Gasteiger partial charge in [-0.15, -0.1) is 0 Å². The number of pyridine rings is 1. The summed E-state index contributed by atoms with van der Waals surface area (Å²) in [5, 5.41) is 9.26. The number of benzene rings is 1. The van der Waals surface area contributed by atoms with Crippen LogP contribution in [-0.2, 0) is 13.0 Å². The summed E-state index contributed by atoms with van der Waals surface area (Å²) in [6.07, 6.45) is 2.66. The number of hydrogen-bond donors (Lipinski definition) is 1. The van der Waals surface area contributed by atoms with Gasteiger partial charge in [-0.25, -0.2) is 4.79 Å². The Morgan fingerprint density at radius 1 is 1.27 bits per heavy atom. The molecule has 1 atom stereocenters. The Morgan fingerprint density at radius 2 is 2.00 bits per heavy atom. The number of aryl methyl sites for hydroxylation is 1. The van der Waals surface area contributed by atoms with Crippen LogP contribution in [0.25, 0.3) is 0 Å². The van der Waals surface area contributed by atoms with Crippen LogP contribution in [-0.4, -0.2) is 34.0 Å². The quantitative estimate of drug-likeness (QED) is 0.890. The predicted octanol–water partition coefficient (Wildman–Crippen LogP) is 3.15. The van der Waals surface area contributed by atoms with E-state index in [1.807, 2.05) is 31.4 Å². The molecule has 116 valence electrons. The molecule has 0 spiro atoms. The molecular weight excluding hydrogens is 276 g/mol. The standard InChI is InChI=1S/C18H22N2O2/c1-13-7-6-10-19-17(13)11-14(2)20(3)12-15-8-4-5-9-16(15)18(21)22/h4-10,14H,11-12H2,1-3H3,(H,21,22). The van der Waals surface area contributed by atoms with E-state index < -0.39 is 5.97 Å². The van der Waals surface area contributed by atoms with E-state index in [9.17, 15) is 9.90 Å². The summed E-state index contributed by atoms with van der Waals surface area (Å²) < 4.78 is 0. The molecule has 0 radical (unpaired) electrons. The second-order valence-electron chi connectivity index (χ2n) is 5.70. The van der Waals surface area contributed by atoms with E-state index in [2.05, 4.69) is 29.8 Å². The van der Waals surface area contributed by atoms with Gasteiger partial charge in [0, 0.05) is 30.9 Å². The fourth-order valence-corrected chi connectivity index (χ4v) is 2.46. The highest BCUT2D eigenvalue weighted by Crippen LogP contribution is 2.15. The third kappa shape index (κ3) is 3.92. The molecule has 0 fully saturated rings. The maximum atomic E-state index is 11.3. The minimum Gasteiger partial charge on any atom is -0.478 e. The molecule has 0 aliphatic carbocycles. The van der Waals surface area contributed by atoms with E-state index in [-0.39, 0.29) is 6.04 Å². The van der Waals surface area contributed by atoms with Crippen LogP contribution in [0.3, 0.4) is 0 Å². The summed E-state index contributed by atoms with van der Waals surface area (Å²) in [4.78, 5) is 17.9. The lowest BCUT2D eigenvalue weighted by molar-refractivity contribution is 0.0694. The summed E-state index contributed by atoms with van der Waals surface area (Å²) in [5.74, 6) is -0.878. The Hall–Kier alpha value is -2.20. The van der Waals surface area contributed by atoms with Gasteiger partial charge in [-0.05, 0) is 44.2 Å². The van der Waals surface area contributed by atoms with Gasteiger partial charge in [0.15, 0.2) is 0 Å². The lowest BCUT2D eigenvalue weighted by atomic mass is 10.0. The zero-order chi connectivity index (χ0) is 16.1. The van der Waals surface area contributed by atoms with Crippen LogP contribution >= 0.6 is 0 Å². The van der Waals surface area contributed by atoms with Crippen LogP contribution < -0.4 is 0 Å². The molecule has 22 heavy (non-hydrogen) atoms. The zero-order valence-electron chi connectivity index (χ0n) is 13.3. The number of nitrogens with zero attached hydrogens (tertiary/aromatic N) is 2. The van der Waals surface area contributed by atoms with Crippen LogP contribution in [0.2, 0.25) is 0 Å². The molecule has 1 N–H and O–H groups in total. The van der Waals surface area contributed by atoms with Gasteiger partial charge < -0.3 is 5.11 Å². The summed E-state index contributed by atoms with van der Waals surface area (Å²) in [6, 6.07) is 11.4. The number of carbonyl (C=O) groups is 1. The van der Waals surface area contributed by atoms with Gasteiger partial charge in [0.1, 0.15) is 0 Å². The largest absolute Gasteiger partial charge is 0.478 e. The summed E-state index contributed by atoms with van der Waals surface area (Å²) in [6.45, 7) is 4.81. The topological polar surface area (TPSA) is 53.4 Å². The fraction of sp³-hybridized carbons (Fsp3) is 0.333. The SMILES string of the molecule is Cc1cccnc1CC(C)N(C)Cc1ccccc1C(=O)O. The third-order valence-electron chi connectivity index (χ3n) is 4.03. The summed E-state index contributed by atoms with van der Waals surface area (Å²) in [7, 11) is 2.02. The van der Waals surface area contributed by atoms with E-state index >= 15 is 0 Å². The van der Waals surface area contributed by atoms with Crippen molar-refractivity contribution in [1.82, 2.24) is 9.88 Å². The highest BCUT2D eigenvalue weighted by Gasteiger charge is 2.15. The van der Waals surface area contributed by atoms with Crippen molar-refractivity contribution in [2.24, 2.45) is 0 Å². The molecule has 1 heterocycles. The first-order valence-electron chi connectivity index (χ1n) is 7.41. The predicted molar refractivity (Wildman–Crippen MR) is 87.0 cm³/mol. The maximum absolute atomic E-state index is 11.3. The first-order chi connectivity index (χ1) is 10.5. The molecule has 0 aliphatic rings. The van der Waals surface area contributed by atoms with Crippen LogP contribution in [0.15, 0.2) is 42.6 Å². The van der Waals surface area contributed by atoms with E-state index in [1.54, 1.807) is 12.1 Å². The molecule has 2 aromatic rings. The Bertz CT molecular complexity index is 655. The first-order valence-corrected chi connectivity index (χ1v) is 7.41. The van der Waals surface area contributed by atoms with Crippen LogP contribution in [0.4, 0.5) is 0 Å². The average molecular weight is 298 g/mol. The van der Waals surface area contributed by atoms with Crippen LogP contribution in [0.1, 0.15) is 34.1 Å². The maximum Gasteiger partial charge on any atom is 0.336 e. The second-order valence-corrected chi connectivity index (χ2v) is 5.70. The lowest BCUT2D eigenvalue weighted by Gasteiger charge is -2.25. The molecule has 0 saturated carbocycles. The first kappa shape index (κ1) is 16.2. The number of carboxylic acid groups (broad SMARTS) is 1. The Kier molecular flexibility index (Phi) is 5.28. The number of hydrogen-bond acceptors (Lipinski definition) is 3. The molecule has 0 aliphatic heterocycles. The third-order valence-corrected chi connectivity index (χ3v) is 4.03. The van der Waals surface area contributed by atoms with E-state index in [1.165, 1.54) is 5.56 Å². The molecule has 4 nitrogen and oxygen atoms in total. The smallest absolute Gasteiger partial charge is 0.336 e. The van der Waals surface area contributed by atoms with Crippen LogP contribution in [0, 0.1) is 6.92 Å². The fourth-order valence-electron chi connectivity index (χ4n) is 2.46. The number of carboxylic acids is 1. The number of aromatic nitrogens is 1. The van der Waals surface area contributed by atoms with Crippen LogP contribution in [0.5, 0.6) is 0 Å². The molecule has 4 heteroatoms. The molecule has 0 amide bonds. The monoisotopic (exact) mass is 298 g/mol. The zero-order valence-corrected chi connectivity index (χ0v) is 13.3. The Morgan fingerprint density at radius 3 is 2.68 bits per heavy atom. The van der Waals surface area contributed by atoms with Crippen molar-refractivity contribution >= 4 is 5.97 Å². The summed E-state index contributed by atoms with van der Waals surface area (Å²) >= 11 is 0. The highest BCUT2D eigenvalue weighted by atomic mass is 16.4. The van der Waals surface area contributed by atoms with Gasteiger partial charge in [0.2, 0.25) is 0 Å². The average Bonchev–Trinajstić information content (AvgIpc) is 2.49. The van der Waals surface area contributed by atoms with Gasteiger partial charge in [-0.2, -0.15) is 0 Å². The number of likely N-dealkylation sites (N-methyl/N-ethyl adjacent to an activating group) is 1. The van der Waals surface area contributed by atoms with Gasteiger partial charge in [-0.3, -0.25) is 9.88 Å². The van der Waals surface area contributed by atoms with E-state index in [0.717, 1.165) is 17.7 Å². The molecule has 0 saturated heterocycles. The molecule has 1 unspecified atom stereocenters. The van der Waals surface area contributed by atoms with Crippen molar-refractivity contribution < 1.29 is 9.90 Å². The molecule has 1 aromatic heterocycles. The van der Waals surface area contributed by atoms with Crippen molar-refractivity contribution in [3.63, 3.8) is 0 Å². The van der Waals surface area contributed by atoms with Crippen molar-refractivity contribution in [2.75, 3.05) is 7.05 Å². The molecular formula is C18H22N2O2. The van der Waals surface area contributed by atoms with Crippen molar-refractivity contribution in [2.45, 2.75) is 32.9 Å². The van der Waals surface area contributed by atoms with Crippen molar-refractivity contribution in [3.8, 4) is 0 Å².